The Morgan fingerprint density at radius 3 is 2.29 bits per heavy atom. The van der Waals surface area contributed by atoms with Gasteiger partial charge >= 0.3 is 0 Å². The van der Waals surface area contributed by atoms with Crippen LogP contribution in [-0.4, -0.2) is 14.7 Å². The number of rotatable bonds is 3. The van der Waals surface area contributed by atoms with Crippen LogP contribution < -0.4 is 9.92 Å². The topological polar surface area (TPSA) is 9.23 Å². The standard InChI is InChI=1S/C12H20OSi/c1-6-13-11-7-10(2)8-12(9-11)14(3,4)5/h7-9H,6H2,1-5H3. The smallest absolute Gasteiger partial charge is 0.119 e. The van der Waals surface area contributed by atoms with Crippen LogP contribution in [0.4, 0.5) is 0 Å². The zero-order chi connectivity index (χ0) is 10.8. The normalized spacial score (nSPS) is 11.5. The molecule has 0 radical (unpaired) electrons. The minimum Gasteiger partial charge on any atom is -0.494 e. The molecule has 0 saturated heterocycles. The van der Waals surface area contributed by atoms with Gasteiger partial charge in [0.1, 0.15) is 5.75 Å². The first kappa shape index (κ1) is 11.3. The molecule has 0 aromatic heterocycles. The third-order valence-electron chi connectivity index (χ3n) is 2.23. The fourth-order valence-electron chi connectivity index (χ4n) is 1.43. The molecule has 78 valence electrons. The van der Waals surface area contributed by atoms with Crippen LogP contribution in [0, 0.1) is 6.92 Å². The van der Waals surface area contributed by atoms with Crippen molar-refractivity contribution in [2.45, 2.75) is 33.5 Å². The zero-order valence-electron chi connectivity index (χ0n) is 9.85. The van der Waals surface area contributed by atoms with Crippen molar-refractivity contribution >= 4 is 13.3 Å². The summed E-state index contributed by atoms with van der Waals surface area (Å²) in [6.45, 7) is 12.0. The molecule has 0 spiro atoms. The van der Waals surface area contributed by atoms with Gasteiger partial charge < -0.3 is 4.74 Å². The Morgan fingerprint density at radius 1 is 1.14 bits per heavy atom. The minimum absolute atomic E-state index is 0.745. The molecular formula is C12H20OSi. The number of hydrogen-bond acceptors (Lipinski definition) is 1. The minimum atomic E-state index is -1.21. The van der Waals surface area contributed by atoms with Gasteiger partial charge in [-0.05, 0) is 31.5 Å². The number of ether oxygens (including phenoxy) is 1. The Bertz CT molecular complexity index is 313. The molecule has 1 nitrogen and oxygen atoms in total. The largest absolute Gasteiger partial charge is 0.494 e. The molecule has 0 aliphatic heterocycles. The van der Waals surface area contributed by atoms with Crippen LogP contribution in [0.1, 0.15) is 12.5 Å². The van der Waals surface area contributed by atoms with Crippen molar-refractivity contribution in [2.75, 3.05) is 6.61 Å². The van der Waals surface area contributed by atoms with E-state index in [4.69, 9.17) is 4.74 Å². The highest BCUT2D eigenvalue weighted by Crippen LogP contribution is 2.14. The summed E-state index contributed by atoms with van der Waals surface area (Å²) in [6, 6.07) is 6.59. The predicted molar refractivity (Wildman–Crippen MR) is 65.3 cm³/mol. The molecule has 0 aliphatic rings. The summed E-state index contributed by atoms with van der Waals surface area (Å²) in [5.41, 5.74) is 1.30. The molecule has 0 amide bonds. The second-order valence-electron chi connectivity index (χ2n) is 4.72. The van der Waals surface area contributed by atoms with Gasteiger partial charge in [-0.25, -0.2) is 0 Å². The third kappa shape index (κ3) is 2.88. The van der Waals surface area contributed by atoms with Crippen LogP contribution in [-0.2, 0) is 0 Å². The Hall–Kier alpha value is -0.763. The van der Waals surface area contributed by atoms with Gasteiger partial charge in [0.25, 0.3) is 0 Å². The molecule has 0 fully saturated rings. The molecule has 1 rings (SSSR count). The highest BCUT2D eigenvalue weighted by molar-refractivity contribution is 6.88. The SMILES string of the molecule is CCOc1cc(C)cc([Si](C)(C)C)c1. The van der Waals surface area contributed by atoms with E-state index >= 15 is 0 Å². The van der Waals surface area contributed by atoms with Gasteiger partial charge in [0, 0.05) is 0 Å². The Balaban J connectivity index is 3.07. The Kier molecular flexibility index (Phi) is 3.37. The molecule has 1 aromatic carbocycles. The second-order valence-corrected chi connectivity index (χ2v) is 9.80. The van der Waals surface area contributed by atoms with Crippen LogP contribution in [0.2, 0.25) is 19.6 Å². The summed E-state index contributed by atoms with van der Waals surface area (Å²) < 4.78 is 5.54. The van der Waals surface area contributed by atoms with E-state index in [1.54, 1.807) is 0 Å². The summed E-state index contributed by atoms with van der Waals surface area (Å²) in [5.74, 6) is 1.02. The molecule has 0 aliphatic carbocycles. The summed E-state index contributed by atoms with van der Waals surface area (Å²) in [6.07, 6.45) is 0. The lowest BCUT2D eigenvalue weighted by molar-refractivity contribution is 0.340. The lowest BCUT2D eigenvalue weighted by Gasteiger charge is -2.18. The van der Waals surface area contributed by atoms with Crippen LogP contribution >= 0.6 is 0 Å². The van der Waals surface area contributed by atoms with Crippen LogP contribution in [0.5, 0.6) is 5.75 Å². The van der Waals surface area contributed by atoms with Gasteiger partial charge in [0.05, 0.1) is 14.7 Å². The lowest BCUT2D eigenvalue weighted by Crippen LogP contribution is -2.37. The molecule has 0 bridgehead atoms. The summed E-state index contributed by atoms with van der Waals surface area (Å²) in [5, 5.41) is 1.47. The van der Waals surface area contributed by atoms with Crippen molar-refractivity contribution in [3.63, 3.8) is 0 Å². The molecule has 0 N–H and O–H groups in total. The highest BCUT2D eigenvalue weighted by Gasteiger charge is 2.17. The Morgan fingerprint density at radius 2 is 1.79 bits per heavy atom. The van der Waals surface area contributed by atoms with E-state index < -0.39 is 8.07 Å². The summed E-state index contributed by atoms with van der Waals surface area (Å²) in [7, 11) is -1.21. The van der Waals surface area contributed by atoms with Crippen molar-refractivity contribution in [2.24, 2.45) is 0 Å². The molecule has 0 heterocycles. The van der Waals surface area contributed by atoms with Crippen molar-refractivity contribution < 1.29 is 4.74 Å². The van der Waals surface area contributed by atoms with E-state index in [0.717, 1.165) is 12.4 Å². The first-order chi connectivity index (χ1) is 6.43. The molecule has 1 aromatic rings. The molecule has 14 heavy (non-hydrogen) atoms. The third-order valence-corrected chi connectivity index (χ3v) is 4.25. The van der Waals surface area contributed by atoms with E-state index in [0.29, 0.717) is 0 Å². The van der Waals surface area contributed by atoms with E-state index in [2.05, 4.69) is 44.8 Å². The quantitative estimate of drug-likeness (QED) is 0.694. The zero-order valence-corrected chi connectivity index (χ0v) is 10.8. The van der Waals surface area contributed by atoms with Crippen molar-refractivity contribution in [1.29, 1.82) is 0 Å². The van der Waals surface area contributed by atoms with Crippen molar-refractivity contribution in [3.8, 4) is 5.75 Å². The number of hydrogen-bond donors (Lipinski definition) is 0. The predicted octanol–water partition coefficient (Wildman–Crippen LogP) is 2.94. The van der Waals surface area contributed by atoms with E-state index in [1.807, 2.05) is 6.92 Å². The van der Waals surface area contributed by atoms with Crippen LogP contribution in [0.3, 0.4) is 0 Å². The maximum absolute atomic E-state index is 5.54. The Labute approximate surface area is 88.1 Å². The first-order valence-corrected chi connectivity index (χ1v) is 8.68. The van der Waals surface area contributed by atoms with Crippen LogP contribution in [0.25, 0.3) is 0 Å². The van der Waals surface area contributed by atoms with Crippen molar-refractivity contribution in [1.82, 2.24) is 0 Å². The molecule has 0 unspecified atom stereocenters. The highest BCUT2D eigenvalue weighted by atomic mass is 28.3. The van der Waals surface area contributed by atoms with Gasteiger partial charge in [0.15, 0.2) is 0 Å². The average Bonchev–Trinajstić information content (AvgIpc) is 2.02. The molecule has 2 heteroatoms. The number of benzene rings is 1. The molecule has 0 atom stereocenters. The van der Waals surface area contributed by atoms with Gasteiger partial charge in [-0.1, -0.05) is 30.9 Å². The van der Waals surface area contributed by atoms with E-state index in [-0.39, 0.29) is 0 Å². The van der Waals surface area contributed by atoms with Gasteiger partial charge in [-0.15, -0.1) is 0 Å². The average molecular weight is 208 g/mol. The summed E-state index contributed by atoms with van der Waals surface area (Å²) >= 11 is 0. The maximum Gasteiger partial charge on any atom is 0.119 e. The first-order valence-electron chi connectivity index (χ1n) is 5.18. The van der Waals surface area contributed by atoms with Gasteiger partial charge in [-0.3, -0.25) is 0 Å². The molecule has 0 saturated carbocycles. The maximum atomic E-state index is 5.54. The lowest BCUT2D eigenvalue weighted by atomic mass is 10.2. The number of aryl methyl sites for hydroxylation is 1. The summed E-state index contributed by atoms with van der Waals surface area (Å²) in [4.78, 5) is 0. The second kappa shape index (κ2) is 4.18. The van der Waals surface area contributed by atoms with E-state index in [1.165, 1.54) is 10.8 Å². The fraction of sp³-hybridized carbons (Fsp3) is 0.500. The van der Waals surface area contributed by atoms with Crippen molar-refractivity contribution in [3.05, 3.63) is 23.8 Å². The van der Waals surface area contributed by atoms with Gasteiger partial charge in [0.2, 0.25) is 0 Å². The monoisotopic (exact) mass is 208 g/mol. The van der Waals surface area contributed by atoms with E-state index in [9.17, 15) is 0 Å². The molecular weight excluding hydrogens is 188 g/mol. The van der Waals surface area contributed by atoms with Gasteiger partial charge in [-0.2, -0.15) is 0 Å². The fourth-order valence-corrected chi connectivity index (χ4v) is 2.67. The van der Waals surface area contributed by atoms with Crippen LogP contribution in [0.15, 0.2) is 18.2 Å².